The second-order valence-corrected chi connectivity index (χ2v) is 9.24. The second kappa shape index (κ2) is 8.83. The number of carbonyl (C=O) groups excluding carboxylic acids is 1. The minimum Gasteiger partial charge on any atom is -0.384 e. The van der Waals surface area contributed by atoms with Crippen molar-refractivity contribution in [3.8, 4) is 16.9 Å². The number of aromatic amines is 1. The second-order valence-electron chi connectivity index (χ2n) is 8.30. The van der Waals surface area contributed by atoms with Crippen LogP contribution in [0.2, 0.25) is 0 Å². The van der Waals surface area contributed by atoms with Gasteiger partial charge in [-0.1, -0.05) is 59.8 Å². The van der Waals surface area contributed by atoms with Crippen molar-refractivity contribution in [1.82, 2.24) is 19.1 Å². The van der Waals surface area contributed by atoms with Crippen LogP contribution in [0, 0.1) is 6.92 Å². The van der Waals surface area contributed by atoms with E-state index in [0.717, 1.165) is 35.3 Å². The Morgan fingerprint density at radius 3 is 2.50 bits per heavy atom. The molecule has 34 heavy (non-hydrogen) atoms. The highest BCUT2D eigenvalue weighted by atomic mass is 32.2. The smallest absolute Gasteiger partial charge is 0.330 e. The summed E-state index contributed by atoms with van der Waals surface area (Å²) in [6.07, 6.45) is 3.37. The predicted octanol–water partition coefficient (Wildman–Crippen LogP) is 3.59. The SMILES string of the molecule is Cc1ccc(-n2c(-c3ccccc3)cnc2SCC(=O)c2c(N)n(C3CC3)c(=O)[nH]c2=O)cc1. The lowest BCUT2D eigenvalue weighted by Gasteiger charge is -2.13. The number of thioether (sulfide) groups is 1. The molecule has 9 heteroatoms. The fourth-order valence-corrected chi connectivity index (χ4v) is 4.79. The topological polar surface area (TPSA) is 116 Å². The van der Waals surface area contributed by atoms with Gasteiger partial charge in [0.1, 0.15) is 11.4 Å². The Bertz CT molecular complexity index is 1480. The number of nitrogens with zero attached hydrogens (tertiary/aromatic N) is 3. The van der Waals surface area contributed by atoms with Gasteiger partial charge in [-0.3, -0.25) is 23.7 Å². The quantitative estimate of drug-likeness (QED) is 0.313. The van der Waals surface area contributed by atoms with E-state index in [9.17, 15) is 14.4 Å². The van der Waals surface area contributed by atoms with Crippen LogP contribution in [0.4, 0.5) is 5.82 Å². The summed E-state index contributed by atoms with van der Waals surface area (Å²) < 4.78 is 3.31. The van der Waals surface area contributed by atoms with Gasteiger partial charge in [-0.15, -0.1) is 0 Å². The summed E-state index contributed by atoms with van der Waals surface area (Å²) in [5, 5.41) is 0.613. The van der Waals surface area contributed by atoms with E-state index in [1.54, 1.807) is 6.20 Å². The molecule has 0 aliphatic heterocycles. The third kappa shape index (κ3) is 4.10. The van der Waals surface area contributed by atoms with Gasteiger partial charge < -0.3 is 5.73 Å². The van der Waals surface area contributed by atoms with Gasteiger partial charge in [0.25, 0.3) is 5.56 Å². The minimum absolute atomic E-state index is 0.0484. The molecule has 1 fully saturated rings. The molecule has 8 nitrogen and oxygen atoms in total. The van der Waals surface area contributed by atoms with Crippen LogP contribution in [0.3, 0.4) is 0 Å². The number of nitrogens with two attached hydrogens (primary N) is 1. The van der Waals surface area contributed by atoms with E-state index < -0.39 is 17.0 Å². The molecule has 2 aromatic heterocycles. The van der Waals surface area contributed by atoms with E-state index >= 15 is 0 Å². The van der Waals surface area contributed by atoms with Crippen molar-refractivity contribution in [2.75, 3.05) is 11.5 Å². The van der Waals surface area contributed by atoms with E-state index in [-0.39, 0.29) is 23.2 Å². The molecule has 4 aromatic rings. The number of H-pyrrole nitrogens is 1. The Hall–Kier alpha value is -3.85. The predicted molar refractivity (Wildman–Crippen MR) is 133 cm³/mol. The van der Waals surface area contributed by atoms with Gasteiger partial charge in [-0.25, -0.2) is 9.78 Å². The highest BCUT2D eigenvalue weighted by molar-refractivity contribution is 7.99. The number of hydrogen-bond donors (Lipinski definition) is 2. The standard InChI is InChI=1S/C25H23N5O3S/c1-15-7-9-17(10-8-15)29-19(16-5-3-2-4-6-16)13-27-25(29)34-14-20(31)21-22(26)30(18-11-12-18)24(33)28-23(21)32/h2-10,13,18H,11-12,14,26H2,1H3,(H,28,32,33). The van der Waals surface area contributed by atoms with Gasteiger partial charge in [0.15, 0.2) is 10.9 Å². The molecule has 0 amide bonds. The van der Waals surface area contributed by atoms with Crippen molar-refractivity contribution in [3.05, 3.63) is 92.8 Å². The van der Waals surface area contributed by atoms with Crippen molar-refractivity contribution in [3.63, 3.8) is 0 Å². The lowest BCUT2D eigenvalue weighted by atomic mass is 10.1. The maximum absolute atomic E-state index is 13.1. The van der Waals surface area contributed by atoms with Crippen LogP contribution in [0.25, 0.3) is 16.9 Å². The lowest BCUT2D eigenvalue weighted by molar-refractivity contribution is 0.102. The molecule has 1 aliphatic rings. The number of Topliss-reactive ketones (excluding diaryl/α,β-unsaturated/α-hetero) is 1. The van der Waals surface area contributed by atoms with Crippen LogP contribution < -0.4 is 17.0 Å². The summed E-state index contributed by atoms with van der Waals surface area (Å²) in [5.41, 5.74) is 8.53. The molecule has 0 spiro atoms. The summed E-state index contributed by atoms with van der Waals surface area (Å²) in [6.45, 7) is 2.02. The Labute approximate surface area is 199 Å². The molecular formula is C25H23N5O3S. The first-order valence-corrected chi connectivity index (χ1v) is 11.9. The third-order valence-corrected chi connectivity index (χ3v) is 6.75. The van der Waals surface area contributed by atoms with Gasteiger partial charge in [0.05, 0.1) is 17.6 Å². The van der Waals surface area contributed by atoms with Gasteiger partial charge in [-0.2, -0.15) is 0 Å². The Balaban J connectivity index is 1.49. The molecule has 0 radical (unpaired) electrons. The molecule has 5 rings (SSSR count). The highest BCUT2D eigenvalue weighted by Gasteiger charge is 2.30. The number of nitrogens with one attached hydrogen (secondary N) is 1. The summed E-state index contributed by atoms with van der Waals surface area (Å²) in [6, 6.07) is 17.9. The van der Waals surface area contributed by atoms with Gasteiger partial charge in [-0.05, 0) is 31.9 Å². The molecule has 2 aromatic carbocycles. The number of nitrogen functional groups attached to an aromatic ring is 1. The number of aromatic nitrogens is 4. The Kier molecular flexibility index (Phi) is 5.70. The summed E-state index contributed by atoms with van der Waals surface area (Å²) in [7, 11) is 0. The van der Waals surface area contributed by atoms with Crippen molar-refractivity contribution >= 4 is 23.4 Å². The number of anilines is 1. The van der Waals surface area contributed by atoms with E-state index in [0.29, 0.717) is 5.16 Å². The third-order valence-electron chi connectivity index (χ3n) is 5.80. The largest absolute Gasteiger partial charge is 0.384 e. The van der Waals surface area contributed by atoms with Crippen LogP contribution in [-0.2, 0) is 0 Å². The monoisotopic (exact) mass is 473 g/mol. The molecular weight excluding hydrogens is 450 g/mol. The van der Waals surface area contributed by atoms with Gasteiger partial charge in [0, 0.05) is 17.3 Å². The maximum Gasteiger partial charge on any atom is 0.330 e. The average molecular weight is 474 g/mol. The van der Waals surface area contributed by atoms with Crippen molar-refractivity contribution in [2.24, 2.45) is 0 Å². The molecule has 1 saturated carbocycles. The molecule has 0 unspecified atom stereocenters. The van der Waals surface area contributed by atoms with E-state index in [1.165, 1.54) is 16.3 Å². The van der Waals surface area contributed by atoms with E-state index in [2.05, 4.69) is 9.97 Å². The maximum atomic E-state index is 13.1. The number of hydrogen-bond acceptors (Lipinski definition) is 6. The Morgan fingerprint density at radius 1 is 1.12 bits per heavy atom. The zero-order chi connectivity index (χ0) is 23.8. The normalized spacial score (nSPS) is 13.2. The summed E-state index contributed by atoms with van der Waals surface area (Å²) in [4.78, 5) is 44.4. The molecule has 0 bridgehead atoms. The fraction of sp³-hybridized carbons (Fsp3) is 0.200. The van der Waals surface area contributed by atoms with Gasteiger partial charge in [0.2, 0.25) is 0 Å². The average Bonchev–Trinajstić information content (AvgIpc) is 3.56. The number of benzene rings is 2. The van der Waals surface area contributed by atoms with Gasteiger partial charge >= 0.3 is 5.69 Å². The zero-order valence-corrected chi connectivity index (χ0v) is 19.3. The number of aryl methyl sites for hydroxylation is 1. The van der Waals surface area contributed by atoms with E-state index in [4.69, 9.17) is 5.73 Å². The zero-order valence-electron chi connectivity index (χ0n) is 18.5. The molecule has 2 heterocycles. The van der Waals surface area contributed by atoms with Crippen molar-refractivity contribution in [1.29, 1.82) is 0 Å². The summed E-state index contributed by atoms with van der Waals surface area (Å²) in [5.74, 6) is -0.556. The molecule has 0 saturated heterocycles. The molecule has 1 aliphatic carbocycles. The fourth-order valence-electron chi connectivity index (χ4n) is 3.93. The van der Waals surface area contributed by atoms with E-state index in [1.807, 2.05) is 66.1 Å². The van der Waals surface area contributed by atoms with Crippen LogP contribution in [0.5, 0.6) is 0 Å². The van der Waals surface area contributed by atoms with Crippen LogP contribution in [0.1, 0.15) is 34.8 Å². The Morgan fingerprint density at radius 2 is 1.82 bits per heavy atom. The first-order chi connectivity index (χ1) is 16.4. The minimum atomic E-state index is -0.753. The summed E-state index contributed by atoms with van der Waals surface area (Å²) >= 11 is 1.22. The lowest BCUT2D eigenvalue weighted by Crippen LogP contribution is -2.36. The number of imidazole rings is 1. The number of ketones is 1. The molecule has 0 atom stereocenters. The molecule has 172 valence electrons. The number of rotatable bonds is 7. The van der Waals surface area contributed by atoms with Crippen LogP contribution in [-0.4, -0.2) is 30.6 Å². The van der Waals surface area contributed by atoms with Crippen LogP contribution >= 0.6 is 11.8 Å². The highest BCUT2D eigenvalue weighted by Crippen LogP contribution is 2.35. The van der Waals surface area contributed by atoms with Crippen molar-refractivity contribution < 1.29 is 4.79 Å². The van der Waals surface area contributed by atoms with Crippen molar-refractivity contribution in [2.45, 2.75) is 31.0 Å². The molecule has 3 N–H and O–H groups in total. The number of carbonyl (C=O) groups is 1. The first kappa shape index (κ1) is 22.0. The van der Waals surface area contributed by atoms with Crippen LogP contribution in [0.15, 0.2) is 75.5 Å². The first-order valence-electron chi connectivity index (χ1n) is 10.9.